The zero-order chi connectivity index (χ0) is 7.90. The molecule has 0 aromatic rings. The fraction of sp³-hybridized carbons (Fsp3) is 0.714. The van der Waals surface area contributed by atoms with E-state index in [-0.39, 0.29) is 11.4 Å². The van der Waals surface area contributed by atoms with Crippen molar-refractivity contribution in [3.63, 3.8) is 0 Å². The Balaban J connectivity index is 2.20. The number of guanidine groups is 1. The van der Waals surface area contributed by atoms with E-state index in [4.69, 9.17) is 0 Å². The van der Waals surface area contributed by atoms with E-state index in [1.807, 2.05) is 0 Å². The lowest BCUT2D eigenvalue weighted by molar-refractivity contribution is -0.126. The number of nitrogens with zero attached hydrogens (tertiary/aromatic N) is 1. The second kappa shape index (κ2) is 1.96. The van der Waals surface area contributed by atoms with E-state index in [0.717, 1.165) is 19.3 Å². The Kier molecular flexibility index (Phi) is 1.19. The van der Waals surface area contributed by atoms with Gasteiger partial charge in [0, 0.05) is 7.05 Å². The lowest BCUT2D eigenvalue weighted by Gasteiger charge is -2.34. The van der Waals surface area contributed by atoms with Gasteiger partial charge < -0.3 is 5.32 Å². The largest absolute Gasteiger partial charge is 0.342 e. The molecule has 1 heterocycles. The Morgan fingerprint density at radius 2 is 2.27 bits per heavy atom. The fourth-order valence-electron chi connectivity index (χ4n) is 1.54. The molecule has 1 spiro atoms. The van der Waals surface area contributed by atoms with Gasteiger partial charge in [0.05, 0.1) is 0 Å². The standard InChI is InChI=1S/C7H11N3O/c1-8-6-9-5(11)7(10-6)3-2-4-7/h2-4H2,1H3,(H2,8,9,10,11). The van der Waals surface area contributed by atoms with Crippen LogP contribution in [-0.2, 0) is 4.79 Å². The number of carbonyl (C=O) groups excluding carboxylic acids is 1. The summed E-state index contributed by atoms with van der Waals surface area (Å²) in [6.45, 7) is 0. The average molecular weight is 153 g/mol. The van der Waals surface area contributed by atoms with Gasteiger partial charge >= 0.3 is 0 Å². The number of hydrogen-bond acceptors (Lipinski definition) is 2. The van der Waals surface area contributed by atoms with Crippen molar-refractivity contribution >= 4 is 11.9 Å². The minimum absolute atomic E-state index is 0.0874. The van der Waals surface area contributed by atoms with Crippen LogP contribution in [0.25, 0.3) is 0 Å². The van der Waals surface area contributed by atoms with E-state index in [1.165, 1.54) is 0 Å². The van der Waals surface area contributed by atoms with Crippen molar-refractivity contribution in [1.29, 1.82) is 0 Å². The first-order valence-electron chi connectivity index (χ1n) is 3.83. The first kappa shape index (κ1) is 6.64. The van der Waals surface area contributed by atoms with Gasteiger partial charge in [0.15, 0.2) is 5.96 Å². The first-order chi connectivity index (χ1) is 5.27. The highest BCUT2D eigenvalue weighted by Gasteiger charge is 2.49. The quantitative estimate of drug-likeness (QED) is 0.498. The molecule has 1 amide bonds. The molecule has 4 nitrogen and oxygen atoms in total. The van der Waals surface area contributed by atoms with Crippen molar-refractivity contribution in [3.05, 3.63) is 0 Å². The second-order valence-corrected chi connectivity index (χ2v) is 3.09. The summed E-state index contributed by atoms with van der Waals surface area (Å²) in [5.41, 5.74) is -0.283. The van der Waals surface area contributed by atoms with E-state index in [1.54, 1.807) is 7.05 Å². The van der Waals surface area contributed by atoms with E-state index in [0.29, 0.717) is 5.96 Å². The van der Waals surface area contributed by atoms with Gasteiger partial charge in [-0.05, 0) is 19.3 Å². The monoisotopic (exact) mass is 153 g/mol. The maximum absolute atomic E-state index is 11.3. The van der Waals surface area contributed by atoms with Gasteiger partial charge in [-0.1, -0.05) is 0 Å². The Hall–Kier alpha value is -1.06. The van der Waals surface area contributed by atoms with Crippen LogP contribution in [0.3, 0.4) is 0 Å². The van der Waals surface area contributed by atoms with Crippen molar-refractivity contribution in [2.75, 3.05) is 7.05 Å². The van der Waals surface area contributed by atoms with Crippen LogP contribution in [0.2, 0.25) is 0 Å². The SMILES string of the molecule is CN=C1NC(=O)C2(CCC2)N1. The van der Waals surface area contributed by atoms with Gasteiger partial charge in [-0.2, -0.15) is 0 Å². The van der Waals surface area contributed by atoms with Gasteiger partial charge in [0.25, 0.3) is 5.91 Å². The topological polar surface area (TPSA) is 53.5 Å². The van der Waals surface area contributed by atoms with Crippen molar-refractivity contribution < 1.29 is 4.79 Å². The van der Waals surface area contributed by atoms with Gasteiger partial charge in [0.2, 0.25) is 0 Å². The molecule has 2 fully saturated rings. The van der Waals surface area contributed by atoms with Crippen LogP contribution in [0.1, 0.15) is 19.3 Å². The molecule has 0 aromatic carbocycles. The molecule has 1 saturated carbocycles. The van der Waals surface area contributed by atoms with E-state index in [2.05, 4.69) is 15.6 Å². The molecule has 1 aliphatic carbocycles. The molecule has 2 rings (SSSR count). The molecule has 60 valence electrons. The lowest BCUT2D eigenvalue weighted by Crippen LogP contribution is -2.52. The van der Waals surface area contributed by atoms with Crippen LogP contribution in [-0.4, -0.2) is 24.5 Å². The van der Waals surface area contributed by atoms with Gasteiger partial charge in [-0.25, -0.2) is 0 Å². The molecule has 11 heavy (non-hydrogen) atoms. The molecule has 4 heteroatoms. The molecule has 2 N–H and O–H groups in total. The van der Waals surface area contributed by atoms with Crippen LogP contribution in [0, 0.1) is 0 Å². The van der Waals surface area contributed by atoms with Crippen LogP contribution >= 0.6 is 0 Å². The van der Waals surface area contributed by atoms with Crippen molar-refractivity contribution in [2.24, 2.45) is 4.99 Å². The van der Waals surface area contributed by atoms with Gasteiger partial charge in [-0.3, -0.25) is 15.1 Å². The summed E-state index contributed by atoms with van der Waals surface area (Å²) in [6.07, 6.45) is 3.02. The Labute approximate surface area is 65.1 Å². The third kappa shape index (κ3) is 0.751. The molecule has 0 unspecified atom stereocenters. The number of carbonyl (C=O) groups is 1. The van der Waals surface area contributed by atoms with E-state index < -0.39 is 0 Å². The molecule has 1 saturated heterocycles. The smallest absolute Gasteiger partial charge is 0.252 e. The lowest BCUT2D eigenvalue weighted by atomic mass is 9.77. The molecule has 2 aliphatic rings. The van der Waals surface area contributed by atoms with Crippen molar-refractivity contribution in [2.45, 2.75) is 24.8 Å². The predicted molar refractivity (Wildman–Crippen MR) is 41.2 cm³/mol. The highest BCUT2D eigenvalue weighted by atomic mass is 16.2. The molecule has 0 radical (unpaired) electrons. The minimum atomic E-state index is -0.283. The van der Waals surface area contributed by atoms with Gasteiger partial charge in [0.1, 0.15) is 5.54 Å². The van der Waals surface area contributed by atoms with E-state index >= 15 is 0 Å². The van der Waals surface area contributed by atoms with Crippen LogP contribution in [0.5, 0.6) is 0 Å². The Morgan fingerprint density at radius 3 is 2.55 bits per heavy atom. The number of aliphatic imine (C=N–C) groups is 1. The maximum atomic E-state index is 11.3. The molecule has 1 aliphatic heterocycles. The van der Waals surface area contributed by atoms with Crippen molar-refractivity contribution in [1.82, 2.24) is 10.6 Å². The third-order valence-electron chi connectivity index (χ3n) is 2.45. The highest BCUT2D eigenvalue weighted by Crippen LogP contribution is 2.33. The Morgan fingerprint density at radius 1 is 1.55 bits per heavy atom. The van der Waals surface area contributed by atoms with Crippen LogP contribution < -0.4 is 10.6 Å². The number of hydrogen-bond donors (Lipinski definition) is 2. The second-order valence-electron chi connectivity index (χ2n) is 3.09. The first-order valence-corrected chi connectivity index (χ1v) is 3.83. The van der Waals surface area contributed by atoms with Crippen molar-refractivity contribution in [3.8, 4) is 0 Å². The van der Waals surface area contributed by atoms with Crippen LogP contribution in [0.4, 0.5) is 0 Å². The maximum Gasteiger partial charge on any atom is 0.252 e. The molecule has 0 bridgehead atoms. The zero-order valence-electron chi connectivity index (χ0n) is 6.48. The van der Waals surface area contributed by atoms with Crippen LogP contribution in [0.15, 0.2) is 4.99 Å². The molecule has 0 aromatic heterocycles. The number of nitrogens with one attached hydrogen (secondary N) is 2. The third-order valence-corrected chi connectivity index (χ3v) is 2.45. The number of rotatable bonds is 0. The highest BCUT2D eigenvalue weighted by molar-refractivity contribution is 6.09. The summed E-state index contributed by atoms with van der Waals surface area (Å²) in [5.74, 6) is 0.707. The molecular formula is C7H11N3O. The fourth-order valence-corrected chi connectivity index (χ4v) is 1.54. The summed E-state index contributed by atoms with van der Waals surface area (Å²) in [7, 11) is 1.67. The average Bonchev–Trinajstić information content (AvgIpc) is 2.25. The number of amides is 1. The summed E-state index contributed by atoms with van der Waals surface area (Å²) in [4.78, 5) is 15.2. The zero-order valence-corrected chi connectivity index (χ0v) is 6.48. The minimum Gasteiger partial charge on any atom is -0.342 e. The molecular weight excluding hydrogens is 142 g/mol. The Bertz CT molecular complexity index is 230. The summed E-state index contributed by atoms with van der Waals surface area (Å²) >= 11 is 0. The molecule has 0 atom stereocenters. The van der Waals surface area contributed by atoms with E-state index in [9.17, 15) is 4.79 Å². The predicted octanol–water partition coefficient (Wildman–Crippen LogP) is -0.386. The van der Waals surface area contributed by atoms with Gasteiger partial charge in [-0.15, -0.1) is 0 Å². The summed E-state index contributed by atoms with van der Waals surface area (Å²) < 4.78 is 0. The summed E-state index contributed by atoms with van der Waals surface area (Å²) in [6, 6.07) is 0. The normalized spacial score (nSPS) is 29.9. The summed E-state index contributed by atoms with van der Waals surface area (Å²) in [5, 5.41) is 5.79.